The second kappa shape index (κ2) is 6.46. The molecule has 3 nitrogen and oxygen atoms in total. The Kier molecular flexibility index (Phi) is 4.68. The minimum Gasteiger partial charge on any atom is -0.406 e. The van der Waals surface area contributed by atoms with Gasteiger partial charge < -0.3 is 4.74 Å². The topological polar surface area (TPSA) is 43.4 Å². The van der Waals surface area contributed by atoms with Crippen LogP contribution in [0.15, 0.2) is 18.2 Å². The predicted molar refractivity (Wildman–Crippen MR) is 79.7 cm³/mol. The van der Waals surface area contributed by atoms with Crippen molar-refractivity contribution in [2.24, 2.45) is 5.92 Å². The van der Waals surface area contributed by atoms with Gasteiger partial charge in [-0.15, -0.1) is 13.2 Å². The number of hydrogen-bond acceptors (Lipinski definition) is 3. The number of ether oxygens (including phenoxy) is 1. The molecule has 132 valence electrons. The molecule has 2 heterocycles. The zero-order chi connectivity index (χ0) is 17.5. The molecule has 0 saturated carbocycles. The second-order valence-electron chi connectivity index (χ2n) is 6.23. The first-order valence-corrected chi connectivity index (χ1v) is 9.01. The minimum atomic E-state index is -4.91. The number of Topliss-reactive ketones (excluding diaryl/α,β-unsaturated/α-hetero) is 1. The molecule has 2 bridgehead atoms. The summed E-state index contributed by atoms with van der Waals surface area (Å²) < 4.78 is 66.3. The Hall–Kier alpha value is -1.44. The molecule has 0 aromatic heterocycles. The molecule has 3 rings (SSSR count). The Balaban J connectivity index is 1.77. The van der Waals surface area contributed by atoms with Gasteiger partial charge in [-0.2, -0.15) is 0 Å². The number of carbonyl (C=O) groups is 1. The number of carbonyl (C=O) groups excluding carboxylic acids is 1. The van der Waals surface area contributed by atoms with E-state index < -0.39 is 40.4 Å². The molecule has 8 heteroatoms. The van der Waals surface area contributed by atoms with Crippen molar-refractivity contribution < 1.29 is 31.3 Å². The van der Waals surface area contributed by atoms with Crippen molar-refractivity contribution in [2.75, 3.05) is 0 Å². The van der Waals surface area contributed by atoms with Gasteiger partial charge in [-0.25, -0.2) is 4.39 Å². The van der Waals surface area contributed by atoms with Crippen molar-refractivity contribution in [3.63, 3.8) is 0 Å². The van der Waals surface area contributed by atoms with Crippen molar-refractivity contribution in [3.05, 3.63) is 29.6 Å². The molecule has 1 aromatic carbocycles. The molecule has 0 spiro atoms. The van der Waals surface area contributed by atoms with Crippen molar-refractivity contribution in [2.45, 2.75) is 49.0 Å². The van der Waals surface area contributed by atoms with Crippen LogP contribution in [0.1, 0.15) is 42.5 Å². The van der Waals surface area contributed by atoms with Crippen molar-refractivity contribution in [3.8, 4) is 5.75 Å². The summed E-state index contributed by atoms with van der Waals surface area (Å²) in [6.07, 6.45) is -1.44. The van der Waals surface area contributed by atoms with E-state index in [0.717, 1.165) is 31.4 Å². The molecule has 2 unspecified atom stereocenters. The van der Waals surface area contributed by atoms with Gasteiger partial charge in [-0.1, -0.05) is 6.42 Å². The largest absolute Gasteiger partial charge is 0.573 e. The van der Waals surface area contributed by atoms with Gasteiger partial charge in [-0.3, -0.25) is 9.00 Å². The van der Waals surface area contributed by atoms with Crippen molar-refractivity contribution in [1.29, 1.82) is 0 Å². The van der Waals surface area contributed by atoms with Crippen LogP contribution in [0, 0.1) is 11.7 Å². The summed E-state index contributed by atoms with van der Waals surface area (Å²) in [6.45, 7) is 0. The quantitative estimate of drug-likeness (QED) is 0.602. The minimum absolute atomic E-state index is 0.0395. The van der Waals surface area contributed by atoms with E-state index in [1.54, 1.807) is 0 Å². The van der Waals surface area contributed by atoms with Crippen molar-refractivity contribution >= 4 is 16.6 Å². The lowest BCUT2D eigenvalue weighted by atomic mass is 9.84. The fraction of sp³-hybridized carbons (Fsp3) is 0.562. The highest BCUT2D eigenvalue weighted by molar-refractivity contribution is 7.86. The average molecular weight is 364 g/mol. The molecule has 2 saturated heterocycles. The first-order chi connectivity index (χ1) is 11.2. The van der Waals surface area contributed by atoms with Gasteiger partial charge in [0, 0.05) is 33.3 Å². The molecule has 2 fully saturated rings. The molecule has 0 N–H and O–H groups in total. The van der Waals surface area contributed by atoms with Crippen LogP contribution in [0.5, 0.6) is 5.75 Å². The normalized spacial score (nSPS) is 30.0. The third-order valence-corrected chi connectivity index (χ3v) is 6.78. The Morgan fingerprint density at radius 1 is 1.17 bits per heavy atom. The Bertz CT molecular complexity index is 658. The average Bonchev–Trinajstić information content (AvgIpc) is 2.44. The summed E-state index contributed by atoms with van der Waals surface area (Å²) in [7, 11) is -0.941. The first kappa shape index (κ1) is 17.4. The highest BCUT2D eigenvalue weighted by Gasteiger charge is 2.41. The SMILES string of the molecule is O=C(c1ccc(OC(F)(F)F)cc1F)C1CC2CCCC(C1)S2=O. The lowest BCUT2D eigenvalue weighted by molar-refractivity contribution is -0.274. The highest BCUT2D eigenvalue weighted by atomic mass is 32.2. The third kappa shape index (κ3) is 3.63. The van der Waals surface area contributed by atoms with Crippen LogP contribution < -0.4 is 4.74 Å². The fourth-order valence-corrected chi connectivity index (χ4v) is 5.75. The highest BCUT2D eigenvalue weighted by Crippen LogP contribution is 2.38. The lowest BCUT2D eigenvalue weighted by Gasteiger charge is -2.37. The number of fused-ring (bicyclic) bond motifs is 2. The molecule has 2 atom stereocenters. The smallest absolute Gasteiger partial charge is 0.406 e. The van der Waals surface area contributed by atoms with Crippen LogP contribution in [0.25, 0.3) is 0 Å². The molecule has 2 aliphatic rings. The van der Waals surface area contributed by atoms with Gasteiger partial charge in [0.15, 0.2) is 5.78 Å². The Morgan fingerprint density at radius 3 is 2.33 bits per heavy atom. The summed E-state index contributed by atoms with van der Waals surface area (Å²) in [5.41, 5.74) is -0.236. The molecule has 0 radical (unpaired) electrons. The van der Waals surface area contributed by atoms with Crippen LogP contribution in [-0.4, -0.2) is 26.9 Å². The van der Waals surface area contributed by atoms with E-state index in [0.29, 0.717) is 18.9 Å². The van der Waals surface area contributed by atoms with E-state index >= 15 is 0 Å². The van der Waals surface area contributed by atoms with Crippen LogP contribution in [0.3, 0.4) is 0 Å². The summed E-state index contributed by atoms with van der Waals surface area (Å²) in [5, 5.41) is -0.0790. The maximum atomic E-state index is 14.1. The lowest BCUT2D eigenvalue weighted by Crippen LogP contribution is -2.41. The molecular formula is C16H16F4O3S. The maximum absolute atomic E-state index is 14.1. The molecular weight excluding hydrogens is 348 g/mol. The van der Waals surface area contributed by atoms with E-state index in [1.165, 1.54) is 0 Å². The standard InChI is InChI=1S/C16H16F4O3S/c17-14-8-10(23-16(18,19)20)4-5-13(14)15(21)9-6-11-2-1-3-12(7-9)24(11)22/h4-5,8-9,11-12H,1-3,6-7H2. The maximum Gasteiger partial charge on any atom is 0.573 e. The summed E-state index contributed by atoms with van der Waals surface area (Å²) >= 11 is 0. The number of ketones is 1. The summed E-state index contributed by atoms with van der Waals surface area (Å²) in [5.74, 6) is -2.58. The molecule has 1 aromatic rings. The van der Waals surface area contributed by atoms with Gasteiger partial charge in [-0.05, 0) is 37.8 Å². The van der Waals surface area contributed by atoms with E-state index in [-0.39, 0.29) is 16.1 Å². The summed E-state index contributed by atoms with van der Waals surface area (Å²) in [4.78, 5) is 12.6. The zero-order valence-corrected chi connectivity index (χ0v) is 13.5. The first-order valence-electron chi connectivity index (χ1n) is 7.73. The van der Waals surface area contributed by atoms with E-state index in [1.807, 2.05) is 0 Å². The van der Waals surface area contributed by atoms with Gasteiger partial charge >= 0.3 is 6.36 Å². The van der Waals surface area contributed by atoms with E-state index in [2.05, 4.69) is 4.74 Å². The number of hydrogen-bond donors (Lipinski definition) is 0. The molecule has 2 aliphatic heterocycles. The Labute approximate surface area is 138 Å². The third-order valence-electron chi connectivity index (χ3n) is 4.61. The summed E-state index contributed by atoms with van der Waals surface area (Å²) in [6, 6.07) is 2.54. The Morgan fingerprint density at radius 2 is 1.79 bits per heavy atom. The number of rotatable bonds is 3. The number of halogens is 4. The van der Waals surface area contributed by atoms with Gasteiger partial charge in [0.1, 0.15) is 11.6 Å². The fourth-order valence-electron chi connectivity index (χ4n) is 3.56. The van der Waals surface area contributed by atoms with Crippen LogP contribution in [0.2, 0.25) is 0 Å². The molecule has 0 aliphatic carbocycles. The second-order valence-corrected chi connectivity index (χ2v) is 8.22. The number of benzene rings is 1. The van der Waals surface area contributed by atoms with Gasteiger partial charge in [0.2, 0.25) is 0 Å². The van der Waals surface area contributed by atoms with Crippen LogP contribution >= 0.6 is 0 Å². The van der Waals surface area contributed by atoms with Gasteiger partial charge in [0.25, 0.3) is 0 Å². The zero-order valence-electron chi connectivity index (χ0n) is 12.6. The van der Waals surface area contributed by atoms with Crippen molar-refractivity contribution in [1.82, 2.24) is 0 Å². The molecule has 24 heavy (non-hydrogen) atoms. The molecule has 0 amide bonds. The van der Waals surface area contributed by atoms with E-state index in [9.17, 15) is 26.6 Å². The van der Waals surface area contributed by atoms with Crippen LogP contribution in [0.4, 0.5) is 17.6 Å². The van der Waals surface area contributed by atoms with Crippen LogP contribution in [-0.2, 0) is 10.8 Å². The monoisotopic (exact) mass is 364 g/mol. The predicted octanol–water partition coefficient (Wildman–Crippen LogP) is 3.99. The number of alkyl halides is 3. The van der Waals surface area contributed by atoms with Gasteiger partial charge in [0.05, 0.1) is 5.56 Å². The van der Waals surface area contributed by atoms with E-state index in [4.69, 9.17) is 0 Å².